The van der Waals surface area contributed by atoms with E-state index in [-0.39, 0.29) is 12.1 Å². The number of alkyl halides is 1. The van der Waals surface area contributed by atoms with Gasteiger partial charge in [0.25, 0.3) is 0 Å². The summed E-state index contributed by atoms with van der Waals surface area (Å²) in [6.07, 6.45) is 5.79. The summed E-state index contributed by atoms with van der Waals surface area (Å²) in [6.45, 7) is 10.3. The van der Waals surface area contributed by atoms with Crippen molar-refractivity contribution >= 4 is 11.6 Å². The molecule has 0 aromatic carbocycles. The lowest BCUT2D eigenvalue weighted by Gasteiger charge is -2.52. The highest BCUT2D eigenvalue weighted by Gasteiger charge is 2.50. The summed E-state index contributed by atoms with van der Waals surface area (Å²) in [6, 6.07) is 0.103. The molecule has 0 heterocycles. The molecular formula is C18H36ClNO2. The van der Waals surface area contributed by atoms with Gasteiger partial charge in [-0.3, -0.25) is 4.90 Å². The fourth-order valence-electron chi connectivity index (χ4n) is 4.01. The average molecular weight is 334 g/mol. The Morgan fingerprint density at radius 2 is 2.00 bits per heavy atom. The highest BCUT2D eigenvalue weighted by atomic mass is 35.5. The summed E-state index contributed by atoms with van der Waals surface area (Å²) in [7, 11) is 3.72. The molecule has 1 fully saturated rings. The van der Waals surface area contributed by atoms with Crippen molar-refractivity contribution in [2.75, 3.05) is 14.2 Å². The van der Waals surface area contributed by atoms with Gasteiger partial charge in [-0.15, -0.1) is 11.6 Å². The number of nitrogens with zero attached hydrogens (tertiary/aromatic N) is 1. The monoisotopic (exact) mass is 333 g/mol. The van der Waals surface area contributed by atoms with E-state index in [1.54, 1.807) is 7.11 Å². The number of hydrogen-bond acceptors (Lipinski definition) is 3. The smallest absolute Gasteiger partial charge is 0.112 e. The molecule has 0 aromatic rings. The Balaban J connectivity index is 2.91. The van der Waals surface area contributed by atoms with Crippen LogP contribution in [0.25, 0.3) is 0 Å². The summed E-state index contributed by atoms with van der Waals surface area (Å²) in [5.74, 6) is 1.34. The van der Waals surface area contributed by atoms with Crippen molar-refractivity contribution in [3.8, 4) is 0 Å². The molecule has 3 nitrogen and oxygen atoms in total. The Labute approximate surface area is 142 Å². The van der Waals surface area contributed by atoms with Crippen molar-refractivity contribution in [1.29, 1.82) is 0 Å². The quantitative estimate of drug-likeness (QED) is 0.558. The van der Waals surface area contributed by atoms with Crippen LogP contribution >= 0.6 is 11.6 Å². The second kappa shape index (κ2) is 7.83. The molecule has 0 radical (unpaired) electrons. The van der Waals surface area contributed by atoms with Crippen molar-refractivity contribution in [3.63, 3.8) is 0 Å². The molecular weight excluding hydrogens is 298 g/mol. The van der Waals surface area contributed by atoms with Crippen molar-refractivity contribution in [2.45, 2.75) is 89.5 Å². The molecule has 5 unspecified atom stereocenters. The molecule has 1 aliphatic carbocycles. The van der Waals surface area contributed by atoms with E-state index in [2.05, 4.69) is 20.8 Å². The summed E-state index contributed by atoms with van der Waals surface area (Å²) in [5, 5.41) is 10.4. The maximum atomic E-state index is 10.4. The number of rotatable bonds is 7. The zero-order valence-corrected chi connectivity index (χ0v) is 16.3. The molecule has 132 valence electrons. The van der Waals surface area contributed by atoms with Gasteiger partial charge in [-0.25, -0.2) is 0 Å². The van der Waals surface area contributed by atoms with E-state index in [0.717, 1.165) is 18.8 Å². The molecule has 0 saturated heterocycles. The lowest BCUT2D eigenvalue weighted by molar-refractivity contribution is -0.121. The Kier molecular flexibility index (Phi) is 7.19. The third-order valence-electron chi connectivity index (χ3n) is 5.52. The summed E-state index contributed by atoms with van der Waals surface area (Å²) >= 11 is 6.89. The van der Waals surface area contributed by atoms with Crippen molar-refractivity contribution in [2.24, 2.45) is 11.8 Å². The molecule has 1 saturated carbocycles. The highest BCUT2D eigenvalue weighted by molar-refractivity contribution is 6.24. The molecule has 0 amide bonds. The first-order valence-electron chi connectivity index (χ1n) is 8.71. The van der Waals surface area contributed by atoms with Gasteiger partial charge in [0.05, 0.1) is 11.0 Å². The minimum atomic E-state index is -0.879. The number of aliphatic hydroxyl groups is 1. The fourth-order valence-corrected chi connectivity index (χ4v) is 4.42. The largest absolute Gasteiger partial charge is 0.380 e. The molecule has 0 bridgehead atoms. The van der Waals surface area contributed by atoms with Gasteiger partial charge in [0, 0.05) is 13.2 Å². The van der Waals surface area contributed by atoms with Crippen LogP contribution < -0.4 is 0 Å². The van der Waals surface area contributed by atoms with Crippen LogP contribution in [0.2, 0.25) is 0 Å². The number of halogens is 1. The minimum Gasteiger partial charge on any atom is -0.380 e. The molecule has 5 atom stereocenters. The Bertz CT molecular complexity index is 340. The third kappa shape index (κ3) is 4.83. The fraction of sp³-hybridized carbons (Fsp3) is 1.00. The SMILES string of the molecule is CCCC(C)CC1CC(OC)C(C)(Cl)C(N(C)C(C)(C)O)C1. The summed E-state index contributed by atoms with van der Waals surface area (Å²) in [4.78, 5) is 1.54. The van der Waals surface area contributed by atoms with Crippen LogP contribution in [0.3, 0.4) is 0 Å². The predicted octanol–water partition coefficient (Wildman–Crippen LogP) is 4.26. The zero-order chi connectivity index (χ0) is 17.1. The van der Waals surface area contributed by atoms with Crippen LogP contribution in [0, 0.1) is 11.8 Å². The van der Waals surface area contributed by atoms with E-state index in [1.165, 1.54) is 19.3 Å². The van der Waals surface area contributed by atoms with Crippen molar-refractivity contribution < 1.29 is 9.84 Å². The van der Waals surface area contributed by atoms with E-state index in [1.807, 2.05) is 25.8 Å². The molecule has 22 heavy (non-hydrogen) atoms. The second-order valence-corrected chi connectivity index (χ2v) is 8.78. The maximum absolute atomic E-state index is 10.4. The lowest BCUT2D eigenvalue weighted by Crippen LogP contribution is -2.62. The lowest BCUT2D eigenvalue weighted by atomic mass is 9.72. The molecule has 1 aliphatic rings. The number of hydrogen-bond donors (Lipinski definition) is 1. The molecule has 1 N–H and O–H groups in total. The van der Waals surface area contributed by atoms with Gasteiger partial charge in [-0.1, -0.05) is 26.7 Å². The van der Waals surface area contributed by atoms with Crippen LogP contribution in [-0.2, 0) is 4.74 Å². The van der Waals surface area contributed by atoms with Crippen molar-refractivity contribution in [1.82, 2.24) is 4.90 Å². The van der Waals surface area contributed by atoms with E-state index in [0.29, 0.717) is 5.92 Å². The van der Waals surface area contributed by atoms with Gasteiger partial charge in [-0.2, -0.15) is 0 Å². The number of methoxy groups -OCH3 is 1. The van der Waals surface area contributed by atoms with Crippen LogP contribution in [0.5, 0.6) is 0 Å². The van der Waals surface area contributed by atoms with Crippen LogP contribution in [0.1, 0.15) is 66.7 Å². The average Bonchev–Trinajstić information content (AvgIpc) is 2.38. The van der Waals surface area contributed by atoms with Crippen LogP contribution in [0.15, 0.2) is 0 Å². The maximum Gasteiger partial charge on any atom is 0.112 e. The highest BCUT2D eigenvalue weighted by Crippen LogP contribution is 2.44. The minimum absolute atomic E-state index is 0.0246. The van der Waals surface area contributed by atoms with E-state index < -0.39 is 10.6 Å². The Hall–Kier alpha value is 0.170. The first kappa shape index (κ1) is 20.2. The number of ether oxygens (including phenoxy) is 1. The molecule has 0 aromatic heterocycles. The molecule has 4 heteroatoms. The van der Waals surface area contributed by atoms with Gasteiger partial charge in [0.2, 0.25) is 0 Å². The molecule has 0 spiro atoms. The first-order valence-corrected chi connectivity index (χ1v) is 9.08. The van der Waals surface area contributed by atoms with E-state index in [9.17, 15) is 5.11 Å². The summed E-state index contributed by atoms with van der Waals surface area (Å²) in [5.41, 5.74) is -0.879. The topological polar surface area (TPSA) is 32.7 Å². The van der Waals surface area contributed by atoms with Crippen LogP contribution in [-0.4, -0.2) is 46.9 Å². The third-order valence-corrected chi connectivity index (χ3v) is 6.01. The normalized spacial score (nSPS) is 34.9. The van der Waals surface area contributed by atoms with E-state index in [4.69, 9.17) is 16.3 Å². The van der Waals surface area contributed by atoms with Gasteiger partial charge in [-0.05, 0) is 58.9 Å². The van der Waals surface area contributed by atoms with Crippen molar-refractivity contribution in [3.05, 3.63) is 0 Å². The van der Waals surface area contributed by atoms with Crippen LogP contribution in [0.4, 0.5) is 0 Å². The van der Waals surface area contributed by atoms with Gasteiger partial charge in [0.1, 0.15) is 5.72 Å². The predicted molar refractivity (Wildman–Crippen MR) is 94.3 cm³/mol. The Morgan fingerprint density at radius 1 is 1.41 bits per heavy atom. The van der Waals surface area contributed by atoms with Gasteiger partial charge in [0.15, 0.2) is 0 Å². The standard InChI is InChI=1S/C18H36ClNO2/c1-8-9-13(2)10-14-11-15(20(6)17(3,4)21)18(5,19)16(12-14)22-7/h13-16,21H,8-12H2,1-7H3. The first-order chi connectivity index (χ1) is 10.0. The zero-order valence-electron chi connectivity index (χ0n) is 15.5. The van der Waals surface area contributed by atoms with Gasteiger partial charge < -0.3 is 9.84 Å². The van der Waals surface area contributed by atoms with Gasteiger partial charge >= 0.3 is 0 Å². The second-order valence-electron chi connectivity index (χ2n) is 7.96. The summed E-state index contributed by atoms with van der Waals surface area (Å²) < 4.78 is 5.73. The molecule has 0 aliphatic heterocycles. The Morgan fingerprint density at radius 3 is 2.45 bits per heavy atom. The molecule has 1 rings (SSSR count). The van der Waals surface area contributed by atoms with E-state index >= 15 is 0 Å².